The van der Waals surface area contributed by atoms with Gasteiger partial charge in [-0.3, -0.25) is 19.2 Å². The van der Waals surface area contributed by atoms with Crippen LogP contribution < -0.4 is 0 Å². The van der Waals surface area contributed by atoms with Gasteiger partial charge >= 0.3 is 87.2 Å². The Labute approximate surface area is 213 Å². The van der Waals surface area contributed by atoms with E-state index in [1.807, 2.05) is 0 Å². The van der Waals surface area contributed by atoms with Crippen molar-refractivity contribution in [2.75, 3.05) is 0 Å². The molecule has 0 aliphatic heterocycles. The molecule has 0 radical (unpaired) electrons. The van der Waals surface area contributed by atoms with Crippen LogP contribution in [0.3, 0.4) is 0 Å². The molecule has 0 atom stereocenters. The summed E-state index contributed by atoms with van der Waals surface area (Å²) in [6.45, 7) is 0. The Morgan fingerprint density at radius 1 is 0.500 bits per heavy atom. The average molecular weight is 472 g/mol. The first-order chi connectivity index (χ1) is 11.6. The molecule has 0 rings (SSSR count). The van der Waals surface area contributed by atoms with Gasteiger partial charge in [0.25, 0.3) is 0 Å². The van der Waals surface area contributed by atoms with E-state index in [2.05, 4.69) is 0 Å². The minimum atomic E-state index is -2.74. The summed E-state index contributed by atoms with van der Waals surface area (Å²) < 4.78 is 0. The van der Waals surface area contributed by atoms with Crippen LogP contribution in [0, 0.1) is 0 Å². The molecule has 28 heavy (non-hydrogen) atoms. The maximum Gasteiger partial charge on any atom is 0 e. The fourth-order valence-electron chi connectivity index (χ4n) is 1.43. The molecule has 0 aromatic heterocycles. The van der Waals surface area contributed by atoms with Crippen LogP contribution in [0.1, 0.15) is 25.7 Å². The summed E-state index contributed by atoms with van der Waals surface area (Å²) in [6.07, 6.45) is -4.58. The van der Waals surface area contributed by atoms with E-state index in [4.69, 9.17) is 40.9 Å². The number of hydrogen-bond donors (Lipinski definition) is 8. The Bertz CT molecular complexity index is 519. The molecular weight excluding hydrogens is 455 g/mol. The van der Waals surface area contributed by atoms with Gasteiger partial charge in [-0.25, -0.2) is 9.59 Å². The van der Waals surface area contributed by atoms with Gasteiger partial charge < -0.3 is 40.9 Å². The van der Waals surface area contributed by atoms with Gasteiger partial charge in [-0.15, -0.1) is 0 Å². The van der Waals surface area contributed by atoms with Crippen molar-refractivity contribution < 1.29 is 91.3 Å². The van der Waals surface area contributed by atoms with Gasteiger partial charge in [0.2, 0.25) is 0 Å². The molecule has 0 heterocycles. The Hall–Kier alpha value is -0.909. The fraction of sp³-hybridized carbons (Fsp3) is 0.500. The van der Waals surface area contributed by atoms with Crippen LogP contribution >= 0.6 is 0 Å². The maximum absolute atomic E-state index is 10.3. The summed E-state index contributed by atoms with van der Waals surface area (Å²) in [5.74, 6) is -10.0. The van der Waals surface area contributed by atoms with Crippen molar-refractivity contribution in [3.05, 3.63) is 0 Å². The summed E-state index contributed by atoms with van der Waals surface area (Å²) in [5.41, 5.74) is -5.48. The molecule has 0 aromatic rings. The molecule has 0 amide bonds. The zero-order chi connectivity index (χ0) is 21.3. The quantitative estimate of drug-likeness (QED) is 0.146. The minimum absolute atomic E-state index is 0. The first kappa shape index (κ1) is 34.6. The molecule has 8 N–H and O–H groups in total. The second-order valence-electron chi connectivity index (χ2n) is 4.96. The summed E-state index contributed by atoms with van der Waals surface area (Å²) in [5, 5.41) is 67.6. The number of carboxylic acid groups (broad SMARTS) is 6. The minimum Gasteiger partial charge on any atom is 0 e. The van der Waals surface area contributed by atoms with Crippen LogP contribution in [-0.2, 0) is 50.5 Å². The van der Waals surface area contributed by atoms with Crippen LogP contribution in [0.15, 0.2) is 0 Å². The van der Waals surface area contributed by atoms with E-state index in [1.165, 1.54) is 0 Å². The summed E-state index contributed by atoms with van der Waals surface area (Å²) in [6, 6.07) is 0. The fourth-order valence-corrected chi connectivity index (χ4v) is 1.43. The largest absolute Gasteiger partial charge is 0 e. The first-order valence-corrected chi connectivity index (χ1v) is 6.34. The molecule has 0 aliphatic carbocycles. The Kier molecular flexibility index (Phi) is 18.5. The van der Waals surface area contributed by atoms with Crippen molar-refractivity contribution in [3.63, 3.8) is 0 Å². The van der Waals surface area contributed by atoms with Gasteiger partial charge in [0, 0.05) is 21.7 Å². The number of carbonyl (C=O) groups is 6. The summed E-state index contributed by atoms with van der Waals surface area (Å²) >= 11 is 0. The third kappa shape index (κ3) is 15.1. The van der Waals surface area contributed by atoms with Gasteiger partial charge in [-0.2, -0.15) is 0 Å². The van der Waals surface area contributed by atoms with E-state index >= 15 is 0 Å². The van der Waals surface area contributed by atoms with Crippen molar-refractivity contribution in [2.24, 2.45) is 0 Å². The molecule has 0 fully saturated rings. The smallest absolute Gasteiger partial charge is 0 e. The standard InChI is InChI=1S/2C6H8O7.K.Ti.H/c2*7-3(8)1-6(13,5(11)12)2-4(9)10;;;/h2*13H,1-2H2,(H,7,8)(H,9,10)(H,11,12);;;. The number of rotatable bonds is 10. The van der Waals surface area contributed by atoms with E-state index in [9.17, 15) is 28.8 Å². The van der Waals surface area contributed by atoms with E-state index in [0.717, 1.165) is 0 Å². The van der Waals surface area contributed by atoms with E-state index in [-0.39, 0.29) is 73.1 Å². The molecule has 16 heteroatoms. The molecule has 0 saturated carbocycles. The number of aliphatic carboxylic acids is 6. The SMILES string of the molecule is O=C(O)CC(O)(CC(=O)O)C(=O)O.O=C(O)CC(O)(CC(=O)O)C(=O)O.[KH].[Ti]. The average Bonchev–Trinajstić information content (AvgIpc) is 2.34. The van der Waals surface area contributed by atoms with Crippen LogP contribution in [0.2, 0.25) is 0 Å². The van der Waals surface area contributed by atoms with Gasteiger partial charge in [-0.05, 0) is 0 Å². The van der Waals surface area contributed by atoms with Crippen molar-refractivity contribution in [2.45, 2.75) is 36.9 Å². The zero-order valence-electron chi connectivity index (χ0n) is 13.4. The Balaban J connectivity index is -0.000000192. The normalized spacial score (nSPS) is 10.1. The topological polar surface area (TPSA) is 264 Å². The molecule has 0 bridgehead atoms. The molecule has 0 saturated heterocycles. The van der Waals surface area contributed by atoms with Gasteiger partial charge in [0.05, 0.1) is 25.7 Å². The van der Waals surface area contributed by atoms with Gasteiger partial charge in [-0.1, -0.05) is 0 Å². The number of carboxylic acids is 6. The van der Waals surface area contributed by atoms with Crippen molar-refractivity contribution in [1.82, 2.24) is 0 Å². The Morgan fingerprint density at radius 2 is 0.643 bits per heavy atom. The Morgan fingerprint density at radius 3 is 0.714 bits per heavy atom. The third-order valence-electron chi connectivity index (χ3n) is 2.57. The van der Waals surface area contributed by atoms with Crippen molar-refractivity contribution in [1.29, 1.82) is 0 Å². The molecule has 14 nitrogen and oxygen atoms in total. The number of hydrogen-bond acceptors (Lipinski definition) is 8. The molecule has 0 aliphatic rings. The zero-order valence-corrected chi connectivity index (χ0v) is 14.9. The van der Waals surface area contributed by atoms with Gasteiger partial charge in [0.15, 0.2) is 11.2 Å². The molecule has 0 spiro atoms. The van der Waals surface area contributed by atoms with Crippen molar-refractivity contribution >= 4 is 87.2 Å². The van der Waals surface area contributed by atoms with Gasteiger partial charge in [0.1, 0.15) is 0 Å². The molecule has 154 valence electrons. The second-order valence-corrected chi connectivity index (χ2v) is 4.96. The monoisotopic (exact) mass is 472 g/mol. The van der Waals surface area contributed by atoms with Crippen LogP contribution in [0.25, 0.3) is 0 Å². The molecule has 0 unspecified atom stereocenters. The first-order valence-electron chi connectivity index (χ1n) is 6.34. The van der Waals surface area contributed by atoms with Crippen LogP contribution in [0.4, 0.5) is 0 Å². The molecular formula is C12H17KO14Ti. The van der Waals surface area contributed by atoms with E-state index in [0.29, 0.717) is 0 Å². The number of aliphatic hydroxyl groups is 2. The maximum atomic E-state index is 10.3. The van der Waals surface area contributed by atoms with Crippen LogP contribution in [-0.4, -0.2) is 139 Å². The van der Waals surface area contributed by atoms with Crippen LogP contribution in [0.5, 0.6) is 0 Å². The van der Waals surface area contributed by atoms with Crippen molar-refractivity contribution in [3.8, 4) is 0 Å². The third-order valence-corrected chi connectivity index (χ3v) is 2.57. The predicted octanol–water partition coefficient (Wildman–Crippen LogP) is -3.15. The van der Waals surface area contributed by atoms with E-state index in [1.54, 1.807) is 0 Å². The predicted molar refractivity (Wildman–Crippen MR) is 81.3 cm³/mol. The molecule has 0 aromatic carbocycles. The summed E-state index contributed by atoms with van der Waals surface area (Å²) in [4.78, 5) is 61.0. The second kappa shape index (κ2) is 15.0. The van der Waals surface area contributed by atoms with E-state index < -0.39 is 72.7 Å². The summed E-state index contributed by atoms with van der Waals surface area (Å²) in [7, 11) is 0.